The van der Waals surface area contributed by atoms with Crippen molar-refractivity contribution in [3.63, 3.8) is 0 Å². The Kier molecular flexibility index (Phi) is 2.90. The van der Waals surface area contributed by atoms with Crippen molar-refractivity contribution in [1.29, 1.82) is 0 Å². The van der Waals surface area contributed by atoms with E-state index in [0.717, 1.165) is 7.11 Å². The summed E-state index contributed by atoms with van der Waals surface area (Å²) in [6.07, 6.45) is 0. The number of hydrogen-bond donors (Lipinski definition) is 0. The lowest BCUT2D eigenvalue weighted by atomic mass is 10.3. The molecule has 0 bridgehead atoms. The molecule has 0 spiro atoms. The molecule has 0 radical (unpaired) electrons. The van der Waals surface area contributed by atoms with Crippen molar-refractivity contribution < 1.29 is 17.3 Å². The number of benzene rings is 1. The molecular weight excluding hydrogens is 192 g/mol. The lowest BCUT2D eigenvalue weighted by Gasteiger charge is -2.02. The molecule has 13 heavy (non-hydrogen) atoms. The molecule has 0 saturated carbocycles. The Morgan fingerprint density at radius 3 is 2.00 bits per heavy atom. The molecule has 1 rings (SSSR count). The third-order valence-corrected chi connectivity index (χ3v) is 2.86. The van der Waals surface area contributed by atoms with Gasteiger partial charge in [0, 0.05) is 0 Å². The SMILES string of the molecule is COc1ccc(S(=O)(=O)OC)cc1. The monoisotopic (exact) mass is 202 g/mol. The minimum absolute atomic E-state index is 0.121. The molecule has 4 nitrogen and oxygen atoms in total. The van der Waals surface area contributed by atoms with E-state index in [0.29, 0.717) is 5.75 Å². The highest BCUT2D eigenvalue weighted by molar-refractivity contribution is 7.86. The Balaban J connectivity index is 3.06. The minimum Gasteiger partial charge on any atom is -0.497 e. The summed E-state index contributed by atoms with van der Waals surface area (Å²) in [4.78, 5) is 0.121. The normalized spacial score (nSPS) is 11.2. The van der Waals surface area contributed by atoms with Crippen molar-refractivity contribution in [2.24, 2.45) is 0 Å². The summed E-state index contributed by atoms with van der Waals surface area (Å²) >= 11 is 0. The third kappa shape index (κ3) is 2.19. The maximum Gasteiger partial charge on any atom is 0.296 e. The first-order chi connectivity index (χ1) is 6.10. The molecule has 0 amide bonds. The fourth-order valence-corrected chi connectivity index (χ4v) is 1.50. The average molecular weight is 202 g/mol. The van der Waals surface area contributed by atoms with Gasteiger partial charge in [-0.3, -0.25) is 4.18 Å². The molecule has 0 aliphatic carbocycles. The highest BCUT2D eigenvalue weighted by Gasteiger charge is 2.11. The Labute approximate surface area is 77.2 Å². The maximum absolute atomic E-state index is 11.1. The number of rotatable bonds is 3. The van der Waals surface area contributed by atoms with Crippen LogP contribution in [0.15, 0.2) is 29.2 Å². The van der Waals surface area contributed by atoms with Crippen molar-refractivity contribution in [3.05, 3.63) is 24.3 Å². The van der Waals surface area contributed by atoms with Crippen molar-refractivity contribution in [3.8, 4) is 5.75 Å². The van der Waals surface area contributed by atoms with Crippen molar-refractivity contribution in [1.82, 2.24) is 0 Å². The smallest absolute Gasteiger partial charge is 0.296 e. The first kappa shape index (κ1) is 10.0. The highest BCUT2D eigenvalue weighted by atomic mass is 32.2. The Bertz CT molecular complexity index is 366. The van der Waals surface area contributed by atoms with E-state index in [2.05, 4.69) is 4.18 Å². The molecule has 0 atom stereocenters. The molecular formula is C8H10O4S. The number of ether oxygens (including phenoxy) is 1. The predicted octanol–water partition coefficient (Wildman–Crippen LogP) is 1.03. The predicted molar refractivity (Wildman–Crippen MR) is 47.2 cm³/mol. The number of methoxy groups -OCH3 is 1. The van der Waals surface area contributed by atoms with E-state index in [1.54, 1.807) is 12.1 Å². The van der Waals surface area contributed by atoms with Crippen LogP contribution in [0.25, 0.3) is 0 Å². The second-order valence-corrected chi connectivity index (χ2v) is 4.01. The van der Waals surface area contributed by atoms with Gasteiger partial charge >= 0.3 is 0 Å². The molecule has 1 aromatic rings. The van der Waals surface area contributed by atoms with Gasteiger partial charge in [0.25, 0.3) is 10.1 Å². The Morgan fingerprint density at radius 2 is 1.62 bits per heavy atom. The highest BCUT2D eigenvalue weighted by Crippen LogP contribution is 2.16. The zero-order valence-corrected chi connectivity index (χ0v) is 8.17. The first-order valence-corrected chi connectivity index (χ1v) is 4.95. The summed E-state index contributed by atoms with van der Waals surface area (Å²) in [7, 11) is -0.940. The van der Waals surface area contributed by atoms with Gasteiger partial charge in [0.05, 0.1) is 19.1 Å². The Morgan fingerprint density at radius 1 is 1.08 bits per heavy atom. The molecule has 5 heteroatoms. The summed E-state index contributed by atoms with van der Waals surface area (Å²) in [6, 6.07) is 5.98. The van der Waals surface area contributed by atoms with Crippen molar-refractivity contribution in [2.75, 3.05) is 14.2 Å². The molecule has 0 aliphatic rings. The molecule has 0 saturated heterocycles. The largest absolute Gasteiger partial charge is 0.497 e. The first-order valence-electron chi connectivity index (χ1n) is 3.55. The standard InChI is InChI=1S/C8H10O4S/c1-11-7-3-5-8(6-4-7)13(9,10)12-2/h3-6H,1-2H3. The van der Waals surface area contributed by atoms with Crippen LogP contribution in [-0.2, 0) is 14.3 Å². The molecule has 0 heterocycles. The van der Waals surface area contributed by atoms with Gasteiger partial charge in [-0.25, -0.2) is 0 Å². The molecule has 72 valence electrons. The van der Waals surface area contributed by atoms with E-state index in [9.17, 15) is 8.42 Å². The van der Waals surface area contributed by atoms with E-state index >= 15 is 0 Å². The quantitative estimate of drug-likeness (QED) is 0.687. The van der Waals surface area contributed by atoms with Crippen LogP contribution in [-0.4, -0.2) is 22.6 Å². The maximum atomic E-state index is 11.1. The van der Waals surface area contributed by atoms with Gasteiger partial charge in [-0.2, -0.15) is 8.42 Å². The van der Waals surface area contributed by atoms with E-state index < -0.39 is 10.1 Å². The second-order valence-electron chi connectivity index (χ2n) is 2.30. The van der Waals surface area contributed by atoms with Crippen molar-refractivity contribution >= 4 is 10.1 Å². The van der Waals surface area contributed by atoms with Gasteiger partial charge in [0.2, 0.25) is 0 Å². The topological polar surface area (TPSA) is 52.6 Å². The van der Waals surface area contributed by atoms with Crippen LogP contribution >= 0.6 is 0 Å². The van der Waals surface area contributed by atoms with Gasteiger partial charge in [-0.15, -0.1) is 0 Å². The molecule has 0 fully saturated rings. The summed E-state index contributed by atoms with van der Waals surface area (Å²) in [6.45, 7) is 0. The van der Waals surface area contributed by atoms with Gasteiger partial charge < -0.3 is 4.74 Å². The van der Waals surface area contributed by atoms with E-state index in [-0.39, 0.29) is 4.90 Å². The van der Waals surface area contributed by atoms with Gasteiger partial charge in [0.15, 0.2) is 0 Å². The van der Waals surface area contributed by atoms with Gasteiger partial charge in [0.1, 0.15) is 5.75 Å². The van der Waals surface area contributed by atoms with Gasteiger partial charge in [-0.05, 0) is 24.3 Å². The fourth-order valence-electron chi connectivity index (χ4n) is 0.839. The molecule has 0 unspecified atom stereocenters. The van der Waals surface area contributed by atoms with E-state index in [1.807, 2.05) is 0 Å². The lowest BCUT2D eigenvalue weighted by Crippen LogP contribution is -2.02. The molecule has 0 aliphatic heterocycles. The fraction of sp³-hybridized carbons (Fsp3) is 0.250. The van der Waals surface area contributed by atoms with Crippen LogP contribution in [0.3, 0.4) is 0 Å². The van der Waals surface area contributed by atoms with Crippen LogP contribution < -0.4 is 4.74 Å². The summed E-state index contributed by atoms with van der Waals surface area (Å²) in [5, 5.41) is 0. The molecule has 0 N–H and O–H groups in total. The zero-order valence-electron chi connectivity index (χ0n) is 7.35. The zero-order chi connectivity index (χ0) is 9.90. The summed E-state index contributed by atoms with van der Waals surface area (Å²) in [5.41, 5.74) is 0. The van der Waals surface area contributed by atoms with E-state index in [1.165, 1.54) is 19.2 Å². The van der Waals surface area contributed by atoms with Crippen LogP contribution in [0.4, 0.5) is 0 Å². The van der Waals surface area contributed by atoms with Crippen LogP contribution in [0.1, 0.15) is 0 Å². The summed E-state index contributed by atoms with van der Waals surface area (Å²) in [5.74, 6) is 0.607. The second kappa shape index (κ2) is 3.76. The van der Waals surface area contributed by atoms with Gasteiger partial charge in [-0.1, -0.05) is 0 Å². The van der Waals surface area contributed by atoms with Crippen LogP contribution in [0, 0.1) is 0 Å². The number of hydrogen-bond acceptors (Lipinski definition) is 4. The lowest BCUT2D eigenvalue weighted by molar-refractivity contribution is 0.397. The van der Waals surface area contributed by atoms with Crippen LogP contribution in [0.5, 0.6) is 5.75 Å². The van der Waals surface area contributed by atoms with E-state index in [4.69, 9.17) is 4.74 Å². The van der Waals surface area contributed by atoms with Crippen LogP contribution in [0.2, 0.25) is 0 Å². The molecule has 1 aromatic carbocycles. The third-order valence-electron chi connectivity index (χ3n) is 1.57. The minimum atomic E-state index is -3.58. The average Bonchev–Trinajstić information content (AvgIpc) is 2.18. The van der Waals surface area contributed by atoms with Crippen molar-refractivity contribution in [2.45, 2.75) is 4.90 Å². The summed E-state index contributed by atoms with van der Waals surface area (Å²) < 4.78 is 31.5. The molecule has 0 aromatic heterocycles. The Hall–Kier alpha value is -1.07.